The fourth-order valence-electron chi connectivity index (χ4n) is 8.72. The number of rotatable bonds is 7. The Morgan fingerprint density at radius 1 is 0.242 bits per heavy atom. The molecule has 0 unspecified atom stereocenters. The molecule has 9 aromatic carbocycles. The highest BCUT2D eigenvalue weighted by molar-refractivity contribution is 6.08. The molecule has 0 fully saturated rings. The minimum absolute atomic E-state index is 0.596. The Kier molecular flexibility index (Phi) is 8.42. The molecule has 0 saturated heterocycles. The zero-order valence-corrected chi connectivity index (χ0v) is 33.4. The van der Waals surface area contributed by atoms with Crippen molar-refractivity contribution < 1.29 is 8.83 Å². The number of nitrogens with zero attached hydrogens (tertiary/aromatic N) is 3. The van der Waals surface area contributed by atoms with Gasteiger partial charge in [-0.1, -0.05) is 158 Å². The van der Waals surface area contributed by atoms with Crippen molar-refractivity contribution in [1.82, 2.24) is 15.0 Å². The average molecular weight is 794 g/mol. The third-order valence-corrected chi connectivity index (χ3v) is 11.8. The third kappa shape index (κ3) is 6.23. The molecule has 3 heterocycles. The van der Waals surface area contributed by atoms with Crippen molar-refractivity contribution in [3.63, 3.8) is 0 Å². The van der Waals surface area contributed by atoms with Crippen LogP contribution in [-0.4, -0.2) is 15.0 Å². The molecule has 0 amide bonds. The van der Waals surface area contributed by atoms with Crippen molar-refractivity contribution >= 4 is 43.9 Å². The first-order valence-electron chi connectivity index (χ1n) is 20.7. The smallest absolute Gasteiger partial charge is 0.164 e. The van der Waals surface area contributed by atoms with Gasteiger partial charge in [-0.2, -0.15) is 0 Å². The van der Waals surface area contributed by atoms with E-state index < -0.39 is 0 Å². The summed E-state index contributed by atoms with van der Waals surface area (Å²) in [6, 6.07) is 73.8. The monoisotopic (exact) mass is 793 g/mol. The molecule has 0 aliphatic rings. The molecule has 0 aliphatic heterocycles. The number of hydrogen-bond donors (Lipinski definition) is 0. The van der Waals surface area contributed by atoms with Gasteiger partial charge in [0, 0.05) is 38.2 Å². The second kappa shape index (κ2) is 14.7. The number of benzene rings is 9. The van der Waals surface area contributed by atoms with E-state index >= 15 is 0 Å². The third-order valence-electron chi connectivity index (χ3n) is 11.8. The summed E-state index contributed by atoms with van der Waals surface area (Å²) in [6.45, 7) is 0. The molecule has 5 heteroatoms. The molecule has 0 atom stereocenters. The van der Waals surface area contributed by atoms with E-state index in [2.05, 4.69) is 140 Å². The van der Waals surface area contributed by atoms with E-state index in [9.17, 15) is 0 Å². The molecule has 0 saturated carbocycles. The topological polar surface area (TPSA) is 65.0 Å². The van der Waals surface area contributed by atoms with Crippen LogP contribution in [0.25, 0.3) is 123 Å². The van der Waals surface area contributed by atoms with Crippen LogP contribution in [0.4, 0.5) is 0 Å². The molecule has 290 valence electrons. The van der Waals surface area contributed by atoms with Crippen LogP contribution < -0.4 is 0 Å². The van der Waals surface area contributed by atoms with E-state index in [1.54, 1.807) is 0 Å². The van der Waals surface area contributed by atoms with Gasteiger partial charge in [-0.25, -0.2) is 15.0 Å². The van der Waals surface area contributed by atoms with E-state index in [-0.39, 0.29) is 0 Å². The molecule has 0 N–H and O–H groups in total. The van der Waals surface area contributed by atoms with Gasteiger partial charge >= 0.3 is 0 Å². The number of aromatic nitrogens is 3. The summed E-state index contributed by atoms with van der Waals surface area (Å²) in [4.78, 5) is 15.2. The van der Waals surface area contributed by atoms with Crippen LogP contribution in [0.1, 0.15) is 0 Å². The number of hydrogen-bond acceptors (Lipinski definition) is 5. The second-order valence-corrected chi connectivity index (χ2v) is 15.5. The van der Waals surface area contributed by atoms with Crippen LogP contribution in [0.2, 0.25) is 0 Å². The fourth-order valence-corrected chi connectivity index (χ4v) is 8.72. The minimum atomic E-state index is 0.596. The number of furan rings is 2. The average Bonchev–Trinajstić information content (AvgIpc) is 3.92. The maximum Gasteiger partial charge on any atom is 0.164 e. The lowest BCUT2D eigenvalue weighted by molar-refractivity contribution is 0.668. The molecular formula is C57H35N3O2. The maximum absolute atomic E-state index is 6.27. The van der Waals surface area contributed by atoms with Crippen LogP contribution in [-0.2, 0) is 0 Å². The van der Waals surface area contributed by atoms with Crippen molar-refractivity contribution in [3.8, 4) is 78.7 Å². The zero-order valence-electron chi connectivity index (χ0n) is 33.4. The largest absolute Gasteiger partial charge is 0.456 e. The van der Waals surface area contributed by atoms with Crippen LogP contribution in [0, 0.1) is 0 Å². The number of fused-ring (bicyclic) bond motifs is 6. The van der Waals surface area contributed by atoms with Gasteiger partial charge < -0.3 is 8.83 Å². The first-order chi connectivity index (χ1) is 30.7. The quantitative estimate of drug-likeness (QED) is 0.161. The molecule has 62 heavy (non-hydrogen) atoms. The first-order valence-corrected chi connectivity index (χ1v) is 20.7. The van der Waals surface area contributed by atoms with Crippen molar-refractivity contribution in [2.24, 2.45) is 0 Å². The Balaban J connectivity index is 1.03. The van der Waals surface area contributed by atoms with Crippen molar-refractivity contribution in [2.75, 3.05) is 0 Å². The minimum Gasteiger partial charge on any atom is -0.456 e. The summed E-state index contributed by atoms with van der Waals surface area (Å²) in [6.07, 6.45) is 0. The summed E-state index contributed by atoms with van der Waals surface area (Å²) >= 11 is 0. The van der Waals surface area contributed by atoms with Crippen LogP contribution in [0.5, 0.6) is 0 Å². The van der Waals surface area contributed by atoms with Gasteiger partial charge in [-0.3, -0.25) is 0 Å². The second-order valence-electron chi connectivity index (χ2n) is 15.5. The molecule has 0 aliphatic carbocycles. The predicted octanol–water partition coefficient (Wildman–Crippen LogP) is 15.3. The highest BCUT2D eigenvalue weighted by Crippen LogP contribution is 2.45. The summed E-state index contributed by atoms with van der Waals surface area (Å²) in [5.41, 5.74) is 15.2. The zero-order chi connectivity index (χ0) is 41.0. The predicted molar refractivity (Wildman–Crippen MR) is 252 cm³/mol. The van der Waals surface area contributed by atoms with Crippen LogP contribution in [0.15, 0.2) is 221 Å². The van der Waals surface area contributed by atoms with Gasteiger partial charge in [0.1, 0.15) is 22.3 Å². The Bertz CT molecular complexity index is 3610. The van der Waals surface area contributed by atoms with Gasteiger partial charge in [0.05, 0.1) is 0 Å². The number of para-hydroxylation sites is 2. The van der Waals surface area contributed by atoms with Crippen molar-refractivity contribution in [1.29, 1.82) is 0 Å². The van der Waals surface area contributed by atoms with Gasteiger partial charge in [-0.05, 0) is 99.1 Å². The molecular weight excluding hydrogens is 759 g/mol. The van der Waals surface area contributed by atoms with E-state index in [0.717, 1.165) is 105 Å². The molecule has 0 bridgehead atoms. The van der Waals surface area contributed by atoms with E-state index in [4.69, 9.17) is 23.8 Å². The lowest BCUT2D eigenvalue weighted by Gasteiger charge is -2.19. The van der Waals surface area contributed by atoms with E-state index in [0.29, 0.717) is 17.5 Å². The SMILES string of the molecule is c1ccc(-c2cc(-c3ccc(-c4nc(-c5ccccc5)nc(-c5ccc6oc7ccccc7c6c5)n4)cc3)c(-c3ccccc3)c(-c3ccc4oc5ccccc5c4c3)c2)cc1. The van der Waals surface area contributed by atoms with Crippen molar-refractivity contribution in [2.45, 2.75) is 0 Å². The highest BCUT2D eigenvalue weighted by Gasteiger charge is 2.20. The molecule has 0 spiro atoms. The Hall–Kier alpha value is -8.41. The molecule has 12 aromatic rings. The van der Waals surface area contributed by atoms with Crippen LogP contribution in [0.3, 0.4) is 0 Å². The molecule has 5 nitrogen and oxygen atoms in total. The normalized spacial score (nSPS) is 11.5. The van der Waals surface area contributed by atoms with Gasteiger partial charge in [-0.15, -0.1) is 0 Å². The summed E-state index contributed by atoms with van der Waals surface area (Å²) in [5.74, 6) is 1.81. The summed E-state index contributed by atoms with van der Waals surface area (Å²) in [5, 5.41) is 4.28. The first kappa shape index (κ1) is 35.5. The Morgan fingerprint density at radius 2 is 0.629 bits per heavy atom. The van der Waals surface area contributed by atoms with E-state index in [1.165, 1.54) is 0 Å². The molecule has 3 aromatic heterocycles. The molecule has 12 rings (SSSR count). The summed E-state index contributed by atoms with van der Waals surface area (Å²) in [7, 11) is 0. The lowest BCUT2D eigenvalue weighted by Crippen LogP contribution is -2.00. The fraction of sp³-hybridized carbons (Fsp3) is 0. The molecule has 0 radical (unpaired) electrons. The standard InChI is InChI=1S/C57H35N3O2/c1-4-14-36(15-5-1)43-34-46(54(38-16-6-2-7-17-38)47(35-43)41-28-30-52-48(32-41)44-20-10-12-22-50(44)61-52)37-24-26-40(27-25-37)56-58-55(39-18-8-3-9-19-39)59-57(60-56)42-29-31-53-49(33-42)45-21-11-13-23-51(45)62-53/h1-35H. The lowest BCUT2D eigenvalue weighted by atomic mass is 9.84. The summed E-state index contributed by atoms with van der Waals surface area (Å²) < 4.78 is 12.4. The van der Waals surface area contributed by atoms with Crippen LogP contribution >= 0.6 is 0 Å². The Labute approximate surface area is 357 Å². The van der Waals surface area contributed by atoms with Gasteiger partial charge in [0.15, 0.2) is 17.5 Å². The van der Waals surface area contributed by atoms with E-state index in [1.807, 2.05) is 72.8 Å². The Morgan fingerprint density at radius 3 is 1.21 bits per heavy atom. The highest BCUT2D eigenvalue weighted by atomic mass is 16.3. The van der Waals surface area contributed by atoms with Gasteiger partial charge in [0.2, 0.25) is 0 Å². The van der Waals surface area contributed by atoms with Gasteiger partial charge in [0.25, 0.3) is 0 Å². The van der Waals surface area contributed by atoms with Crippen molar-refractivity contribution in [3.05, 3.63) is 212 Å². The maximum atomic E-state index is 6.27.